The van der Waals surface area contributed by atoms with Gasteiger partial charge in [0.05, 0.1) is 44.3 Å². The molecule has 4 aromatic heterocycles. The van der Waals surface area contributed by atoms with Gasteiger partial charge in [-0.05, 0) is 102 Å². The number of ether oxygens (including phenoxy) is 2. The minimum atomic E-state index is -0.519. The van der Waals surface area contributed by atoms with E-state index in [1.54, 1.807) is 0 Å². The van der Waals surface area contributed by atoms with Crippen LogP contribution in [0.4, 0.5) is 0 Å². The largest absolute Gasteiger partial charge is 0.493 e. The van der Waals surface area contributed by atoms with E-state index in [9.17, 15) is 10.5 Å². The Bertz CT molecular complexity index is 4290. The standard InChI is InChI=1S/C75H68B2N6O2S2/c1-5-6-7-8-9-14-27-53(4)51-85-61-46-42-55(43-47-61)71-69-68(72(62(48-78)74-80-64-36-23-25-38-66(64)86-74)83(71)77(58-32-19-12-20-33-58)59-34-21-13-22-35-59)70(54-40-44-60(45-41-54)84-50-52(2)3)82(76(56-28-15-10-16-29-56)57-30-17-11-18-31-57)73(69)63(49-79)75-81-65-37-24-26-39-67(65)87-75/h10-13,15-26,28-47,52-53H,5-9,14,27,50-51H2,1-4H3/b72-62-,73-63-. The number of fused-ring (bicyclic) bond motifs is 3. The highest BCUT2D eigenvalue weighted by molar-refractivity contribution is 7.20. The normalized spacial score (nSPS) is 12.5. The first-order chi connectivity index (χ1) is 42.8. The van der Waals surface area contributed by atoms with Crippen molar-refractivity contribution in [2.75, 3.05) is 13.2 Å². The summed E-state index contributed by atoms with van der Waals surface area (Å²) in [5, 5.41) is 28.9. The van der Waals surface area contributed by atoms with Crippen LogP contribution >= 0.6 is 22.7 Å². The van der Waals surface area contributed by atoms with Crippen LogP contribution in [-0.4, -0.2) is 45.8 Å². The predicted octanol–water partition coefficient (Wildman–Crippen LogP) is 14.5. The van der Waals surface area contributed by atoms with E-state index in [4.69, 9.17) is 19.4 Å². The van der Waals surface area contributed by atoms with Gasteiger partial charge in [-0.15, -0.1) is 22.7 Å². The molecule has 1 unspecified atom stereocenters. The number of nitrogens with zero attached hydrogens (tertiary/aromatic N) is 6. The minimum absolute atomic E-state index is 0.313. The smallest absolute Gasteiger partial charge is 0.328 e. The first-order valence-electron chi connectivity index (χ1n) is 30.6. The summed E-state index contributed by atoms with van der Waals surface area (Å²) in [5.74, 6) is 2.22. The lowest BCUT2D eigenvalue weighted by molar-refractivity contribution is 0.249. The molecule has 0 aliphatic carbocycles. The lowest BCUT2D eigenvalue weighted by Gasteiger charge is -2.24. The van der Waals surface area contributed by atoms with Gasteiger partial charge >= 0.3 is 13.7 Å². The molecule has 12 heteroatoms. The van der Waals surface area contributed by atoms with Crippen LogP contribution in [-0.2, 0) is 0 Å². The van der Waals surface area contributed by atoms with Crippen LogP contribution in [0.2, 0.25) is 0 Å². The van der Waals surface area contributed by atoms with Crippen molar-refractivity contribution >= 4 is 101 Å². The summed E-state index contributed by atoms with van der Waals surface area (Å²) in [6.45, 7) is 8.97. The van der Waals surface area contributed by atoms with E-state index in [0.29, 0.717) is 56.9 Å². The molecule has 8 aromatic carbocycles. The van der Waals surface area contributed by atoms with Gasteiger partial charge in [0.1, 0.15) is 44.8 Å². The topological polar surface area (TPSA) is 102 Å². The Balaban J connectivity index is 1.29. The Morgan fingerprint density at radius 2 is 0.828 bits per heavy atom. The number of hydrogen-bond donors (Lipinski definition) is 0. The number of thiazole rings is 2. The fraction of sp³-hybridized carbons (Fsp3) is 0.200. The molecule has 0 bridgehead atoms. The highest BCUT2D eigenvalue weighted by Gasteiger charge is 2.38. The van der Waals surface area contributed by atoms with E-state index in [-0.39, 0.29) is 0 Å². The number of unbranched alkanes of at least 4 members (excludes halogenated alkanes) is 5. The maximum absolute atomic E-state index is 12.4. The van der Waals surface area contributed by atoms with E-state index in [0.717, 1.165) is 93.5 Å². The maximum Gasteiger partial charge on any atom is 0.328 e. The average Bonchev–Trinajstić information content (AvgIpc) is 1.53. The molecule has 12 rings (SSSR count). The molecule has 0 fully saturated rings. The van der Waals surface area contributed by atoms with Crippen molar-refractivity contribution in [3.05, 3.63) is 239 Å². The quantitative estimate of drug-likeness (QED) is 0.0467. The number of hydrogen-bond acceptors (Lipinski definition) is 8. The van der Waals surface area contributed by atoms with Crippen molar-refractivity contribution in [1.29, 1.82) is 10.5 Å². The molecule has 4 heterocycles. The highest BCUT2D eigenvalue weighted by atomic mass is 32.1. The van der Waals surface area contributed by atoms with Crippen LogP contribution in [0.5, 0.6) is 11.5 Å². The van der Waals surface area contributed by atoms with E-state index < -0.39 is 13.7 Å². The van der Waals surface area contributed by atoms with E-state index in [2.05, 4.69) is 194 Å². The molecule has 0 amide bonds. The molecule has 0 saturated carbocycles. The first-order valence-corrected chi connectivity index (χ1v) is 32.2. The molecule has 0 N–H and O–H groups in total. The van der Waals surface area contributed by atoms with Gasteiger partial charge in [0.25, 0.3) is 0 Å². The van der Waals surface area contributed by atoms with Crippen LogP contribution in [0.3, 0.4) is 0 Å². The highest BCUT2D eigenvalue weighted by Crippen LogP contribution is 2.39. The third-order valence-corrected chi connectivity index (χ3v) is 18.4. The Kier molecular flexibility index (Phi) is 18.1. The molecule has 428 valence electrons. The summed E-state index contributed by atoms with van der Waals surface area (Å²) in [5.41, 5.74) is 9.81. The SMILES string of the molecule is CCCCCCCCC(C)COc1ccc(-c2c3/c(=C(\C#N)c4nc5ccccc5s4)n(B(c4ccccc4)c4ccccc4)c(-c4ccc(OCC(C)C)cc4)c3/c(=C(\C#N)c3nc4ccccc4s3)n2B(c2ccccc2)c2ccccc2)cc1. The molecular formula is C75H68B2N6O2S2. The van der Waals surface area contributed by atoms with Crippen molar-refractivity contribution in [3.63, 3.8) is 0 Å². The van der Waals surface area contributed by atoms with Gasteiger partial charge in [-0.1, -0.05) is 234 Å². The summed E-state index contributed by atoms with van der Waals surface area (Å²) in [7, 11) is 0. The minimum Gasteiger partial charge on any atom is -0.493 e. The van der Waals surface area contributed by atoms with E-state index in [1.807, 2.05) is 72.8 Å². The van der Waals surface area contributed by atoms with Gasteiger partial charge in [0, 0.05) is 22.2 Å². The monoisotopic (exact) mass is 1170 g/mol. The number of para-hydroxylation sites is 2. The summed E-state index contributed by atoms with van der Waals surface area (Å²) in [6.07, 6.45) is 8.67. The molecular weight excluding hydrogens is 1100 g/mol. The Morgan fingerprint density at radius 1 is 0.460 bits per heavy atom. The Morgan fingerprint density at radius 3 is 1.21 bits per heavy atom. The van der Waals surface area contributed by atoms with E-state index in [1.165, 1.54) is 61.2 Å². The second-order valence-electron chi connectivity index (χ2n) is 23.0. The Hall–Kier alpha value is -9.19. The van der Waals surface area contributed by atoms with Crippen molar-refractivity contribution in [2.45, 2.75) is 72.6 Å². The predicted molar refractivity (Wildman–Crippen MR) is 365 cm³/mol. The van der Waals surface area contributed by atoms with Gasteiger partial charge in [-0.3, -0.25) is 0 Å². The van der Waals surface area contributed by atoms with Crippen molar-refractivity contribution in [1.82, 2.24) is 18.9 Å². The molecule has 1 atom stereocenters. The molecule has 0 saturated heterocycles. The van der Waals surface area contributed by atoms with Crippen LogP contribution in [0.15, 0.2) is 218 Å². The second-order valence-corrected chi connectivity index (χ2v) is 25.1. The number of benzene rings is 8. The van der Waals surface area contributed by atoms with Gasteiger partial charge in [-0.25, -0.2) is 9.97 Å². The maximum atomic E-state index is 12.4. The zero-order valence-corrected chi connectivity index (χ0v) is 51.4. The fourth-order valence-corrected chi connectivity index (χ4v) is 14.1. The van der Waals surface area contributed by atoms with Crippen LogP contribution in [0.25, 0.3) is 64.9 Å². The summed E-state index contributed by atoms with van der Waals surface area (Å²) in [6, 6.07) is 81.1. The zero-order chi connectivity index (χ0) is 59.6. The first kappa shape index (κ1) is 58.2. The molecule has 12 aromatic rings. The fourth-order valence-electron chi connectivity index (χ4n) is 12.1. The zero-order valence-electron chi connectivity index (χ0n) is 49.8. The number of rotatable bonds is 23. The lowest BCUT2D eigenvalue weighted by Crippen LogP contribution is -2.54. The van der Waals surface area contributed by atoms with Crippen LogP contribution in [0.1, 0.15) is 82.7 Å². The molecule has 87 heavy (non-hydrogen) atoms. The third-order valence-electron chi connectivity index (χ3n) is 16.3. The molecule has 0 aliphatic heterocycles. The second kappa shape index (κ2) is 27.0. The van der Waals surface area contributed by atoms with Gasteiger partial charge in [-0.2, -0.15) is 10.5 Å². The number of aromatic nitrogens is 4. The van der Waals surface area contributed by atoms with Crippen LogP contribution in [0, 0.1) is 34.5 Å². The van der Waals surface area contributed by atoms with Crippen molar-refractivity contribution < 1.29 is 9.47 Å². The average molecular weight is 1170 g/mol. The van der Waals surface area contributed by atoms with Crippen molar-refractivity contribution in [3.8, 4) is 46.2 Å². The van der Waals surface area contributed by atoms with Gasteiger partial charge in [0.15, 0.2) is 0 Å². The molecule has 8 nitrogen and oxygen atoms in total. The van der Waals surface area contributed by atoms with Gasteiger partial charge < -0.3 is 18.4 Å². The lowest BCUT2D eigenvalue weighted by atomic mass is 9.50. The summed E-state index contributed by atoms with van der Waals surface area (Å²) >= 11 is 3.02. The van der Waals surface area contributed by atoms with Crippen molar-refractivity contribution in [2.24, 2.45) is 11.8 Å². The summed E-state index contributed by atoms with van der Waals surface area (Å²) in [4.78, 5) is 10.7. The van der Waals surface area contributed by atoms with E-state index >= 15 is 0 Å². The Labute approximate surface area is 519 Å². The number of nitriles is 2. The molecule has 0 spiro atoms. The summed E-state index contributed by atoms with van der Waals surface area (Å²) < 4.78 is 19.8. The van der Waals surface area contributed by atoms with Crippen LogP contribution < -0.4 is 42.0 Å². The molecule has 0 aliphatic rings. The third kappa shape index (κ3) is 12.3. The van der Waals surface area contributed by atoms with Gasteiger partial charge in [0.2, 0.25) is 0 Å². The molecule has 0 radical (unpaired) electrons.